The van der Waals surface area contributed by atoms with Crippen LogP contribution in [0.15, 0.2) is 79.0 Å². The Morgan fingerprint density at radius 1 is 1.08 bits per heavy atom. The lowest BCUT2D eigenvalue weighted by atomic mass is 9.88. The van der Waals surface area contributed by atoms with E-state index in [1.165, 1.54) is 18.4 Å². The van der Waals surface area contributed by atoms with Crippen LogP contribution in [0, 0.1) is 11.3 Å². The maximum absolute atomic E-state index is 13.8. The highest BCUT2D eigenvalue weighted by molar-refractivity contribution is 6.10. The Kier molecular flexibility index (Phi) is 7.27. The Balaban J connectivity index is 1.35. The molecule has 0 aliphatic carbocycles. The number of nitriles is 1. The zero-order valence-electron chi connectivity index (χ0n) is 20.7. The van der Waals surface area contributed by atoms with E-state index >= 15 is 0 Å². The molecule has 0 unspecified atom stereocenters. The van der Waals surface area contributed by atoms with Gasteiger partial charge in [-0.25, -0.2) is 0 Å². The minimum absolute atomic E-state index is 0.0688. The van der Waals surface area contributed by atoms with Crippen molar-refractivity contribution in [3.8, 4) is 6.07 Å². The lowest BCUT2D eigenvalue weighted by Gasteiger charge is -2.29. The second-order valence-corrected chi connectivity index (χ2v) is 9.81. The molecule has 0 spiro atoms. The van der Waals surface area contributed by atoms with Gasteiger partial charge in [0.2, 0.25) is 0 Å². The summed E-state index contributed by atoms with van der Waals surface area (Å²) in [5.41, 5.74) is 5.85. The molecule has 5 rings (SSSR count). The van der Waals surface area contributed by atoms with Crippen molar-refractivity contribution >= 4 is 16.7 Å². The first-order chi connectivity index (χ1) is 17.6. The Morgan fingerprint density at radius 2 is 1.83 bits per heavy atom. The van der Waals surface area contributed by atoms with Gasteiger partial charge in [-0.05, 0) is 80.2 Å². The fraction of sp³-hybridized carbons (Fsp3) is 0.290. The molecule has 0 saturated carbocycles. The van der Waals surface area contributed by atoms with Gasteiger partial charge in [0, 0.05) is 29.2 Å². The topological polar surface area (TPSA) is 71.9 Å². The number of hydrogen-bond donors (Lipinski definition) is 2. The molecule has 182 valence electrons. The smallest absolute Gasteiger partial charge is 0.186 e. The number of carbonyl (C=O) groups is 1. The first-order valence-electron chi connectivity index (χ1n) is 12.7. The number of benzene rings is 3. The zero-order chi connectivity index (χ0) is 24.9. The summed E-state index contributed by atoms with van der Waals surface area (Å²) in [5.74, 6) is 0.647. The van der Waals surface area contributed by atoms with Crippen LogP contribution in [-0.4, -0.2) is 42.3 Å². The average molecular weight is 477 g/mol. The standard InChI is InChI=1S/C31H32N4O/c1-35-17-14-24(15-18-35)26-11-12-27-28(21-34-29(27)19-26)31(36)30(25-5-3-2-4-6-25)33-16-13-22-7-9-23(20-32)10-8-22/h2-12,19,21,24,30,33-34H,13-18H2,1H3/t30-/m0/s1. The van der Waals surface area contributed by atoms with Gasteiger partial charge in [-0.1, -0.05) is 54.6 Å². The number of likely N-dealkylation sites (tertiary alicyclic amines) is 1. The van der Waals surface area contributed by atoms with Crippen molar-refractivity contribution in [3.05, 3.63) is 107 Å². The van der Waals surface area contributed by atoms with E-state index < -0.39 is 6.04 Å². The first kappa shape index (κ1) is 24.0. The largest absolute Gasteiger partial charge is 0.360 e. The van der Waals surface area contributed by atoms with Gasteiger partial charge in [0.1, 0.15) is 0 Å². The van der Waals surface area contributed by atoms with Crippen LogP contribution in [0.3, 0.4) is 0 Å². The minimum Gasteiger partial charge on any atom is -0.360 e. The average Bonchev–Trinajstić information content (AvgIpc) is 3.35. The van der Waals surface area contributed by atoms with E-state index in [9.17, 15) is 4.79 Å². The van der Waals surface area contributed by atoms with Crippen molar-refractivity contribution in [2.75, 3.05) is 26.7 Å². The van der Waals surface area contributed by atoms with E-state index in [4.69, 9.17) is 5.26 Å². The second-order valence-electron chi connectivity index (χ2n) is 9.81. The summed E-state index contributed by atoms with van der Waals surface area (Å²) < 4.78 is 0. The van der Waals surface area contributed by atoms with Crippen LogP contribution < -0.4 is 5.32 Å². The molecule has 36 heavy (non-hydrogen) atoms. The van der Waals surface area contributed by atoms with Crippen molar-refractivity contribution in [2.45, 2.75) is 31.2 Å². The van der Waals surface area contributed by atoms with E-state index in [0.717, 1.165) is 47.1 Å². The summed E-state index contributed by atoms with van der Waals surface area (Å²) in [7, 11) is 2.18. The van der Waals surface area contributed by atoms with E-state index in [-0.39, 0.29) is 5.78 Å². The quantitative estimate of drug-likeness (QED) is 0.325. The maximum Gasteiger partial charge on any atom is 0.186 e. The summed E-state index contributed by atoms with van der Waals surface area (Å²) in [6.45, 7) is 2.91. The maximum atomic E-state index is 13.8. The summed E-state index contributed by atoms with van der Waals surface area (Å²) in [6, 6.07) is 25.8. The normalized spacial score (nSPS) is 15.6. The van der Waals surface area contributed by atoms with Gasteiger partial charge in [-0.2, -0.15) is 5.26 Å². The number of carbonyl (C=O) groups excluding carboxylic acids is 1. The van der Waals surface area contributed by atoms with Crippen LogP contribution in [0.4, 0.5) is 0 Å². The number of ketones is 1. The lowest BCUT2D eigenvalue weighted by molar-refractivity contribution is 0.0945. The van der Waals surface area contributed by atoms with Crippen LogP contribution in [0.1, 0.15) is 57.4 Å². The number of nitrogens with zero attached hydrogens (tertiary/aromatic N) is 2. The van der Waals surface area contributed by atoms with Crippen LogP contribution in [0.25, 0.3) is 10.9 Å². The molecule has 0 amide bonds. The number of nitrogens with one attached hydrogen (secondary N) is 2. The van der Waals surface area contributed by atoms with Gasteiger partial charge in [0.25, 0.3) is 0 Å². The number of Topliss-reactive ketones (excluding diaryl/α,β-unsaturated/α-hetero) is 1. The molecule has 5 heteroatoms. The Bertz CT molecular complexity index is 1360. The molecule has 5 nitrogen and oxygen atoms in total. The molecule has 2 heterocycles. The fourth-order valence-corrected chi connectivity index (χ4v) is 5.21. The Hall–Kier alpha value is -3.72. The summed E-state index contributed by atoms with van der Waals surface area (Å²) in [4.78, 5) is 19.6. The van der Waals surface area contributed by atoms with Gasteiger partial charge in [0.15, 0.2) is 5.78 Å². The fourth-order valence-electron chi connectivity index (χ4n) is 5.21. The van der Waals surface area contributed by atoms with Crippen molar-refractivity contribution < 1.29 is 4.79 Å². The first-order valence-corrected chi connectivity index (χ1v) is 12.7. The van der Waals surface area contributed by atoms with Crippen LogP contribution in [0.2, 0.25) is 0 Å². The summed E-state index contributed by atoms with van der Waals surface area (Å²) in [5, 5.41) is 13.5. The third-order valence-electron chi connectivity index (χ3n) is 7.40. The van der Waals surface area contributed by atoms with Crippen molar-refractivity contribution in [1.82, 2.24) is 15.2 Å². The molecule has 3 aromatic carbocycles. The third kappa shape index (κ3) is 5.26. The van der Waals surface area contributed by atoms with Gasteiger partial charge < -0.3 is 15.2 Å². The second kappa shape index (κ2) is 10.9. The number of piperidine rings is 1. The zero-order valence-corrected chi connectivity index (χ0v) is 20.7. The van der Waals surface area contributed by atoms with Gasteiger partial charge in [-0.15, -0.1) is 0 Å². The highest BCUT2D eigenvalue weighted by Gasteiger charge is 2.25. The van der Waals surface area contributed by atoms with E-state index in [1.54, 1.807) is 0 Å². The molecule has 1 fully saturated rings. The lowest BCUT2D eigenvalue weighted by Crippen LogP contribution is -2.30. The van der Waals surface area contributed by atoms with Crippen molar-refractivity contribution in [3.63, 3.8) is 0 Å². The van der Waals surface area contributed by atoms with E-state index in [2.05, 4.69) is 46.5 Å². The van der Waals surface area contributed by atoms with Gasteiger partial charge in [-0.3, -0.25) is 4.79 Å². The monoisotopic (exact) mass is 476 g/mol. The van der Waals surface area contributed by atoms with Crippen LogP contribution >= 0.6 is 0 Å². The molecule has 1 aliphatic heterocycles. The number of fused-ring (bicyclic) bond motifs is 1. The Labute approximate surface area is 212 Å². The molecule has 0 bridgehead atoms. The Morgan fingerprint density at radius 3 is 2.56 bits per heavy atom. The van der Waals surface area contributed by atoms with Gasteiger partial charge >= 0.3 is 0 Å². The van der Waals surface area contributed by atoms with E-state index in [1.807, 2.05) is 60.8 Å². The predicted molar refractivity (Wildman–Crippen MR) is 144 cm³/mol. The number of aromatic amines is 1. The van der Waals surface area contributed by atoms with Crippen molar-refractivity contribution in [2.24, 2.45) is 0 Å². The van der Waals surface area contributed by atoms with E-state index in [0.29, 0.717) is 18.0 Å². The molecule has 1 saturated heterocycles. The SMILES string of the molecule is CN1CCC(c2ccc3c(C(=O)[C@@H](NCCc4ccc(C#N)cc4)c4ccccc4)c[nH]c3c2)CC1. The molecule has 2 N–H and O–H groups in total. The molecular weight excluding hydrogens is 444 g/mol. The molecule has 1 aromatic heterocycles. The molecule has 0 radical (unpaired) electrons. The summed E-state index contributed by atoms with van der Waals surface area (Å²) in [6.07, 6.45) is 4.99. The molecular formula is C31H32N4O. The number of aromatic nitrogens is 1. The summed E-state index contributed by atoms with van der Waals surface area (Å²) >= 11 is 0. The third-order valence-corrected chi connectivity index (χ3v) is 7.40. The van der Waals surface area contributed by atoms with Crippen LogP contribution in [0.5, 0.6) is 0 Å². The number of H-pyrrole nitrogens is 1. The predicted octanol–water partition coefficient (Wildman–Crippen LogP) is 5.61. The molecule has 1 atom stereocenters. The number of hydrogen-bond acceptors (Lipinski definition) is 4. The molecule has 1 aliphatic rings. The van der Waals surface area contributed by atoms with Crippen LogP contribution in [-0.2, 0) is 6.42 Å². The highest BCUT2D eigenvalue weighted by Crippen LogP contribution is 2.31. The highest BCUT2D eigenvalue weighted by atomic mass is 16.1. The van der Waals surface area contributed by atoms with Gasteiger partial charge in [0.05, 0.1) is 17.7 Å². The minimum atomic E-state index is -0.433. The molecule has 4 aromatic rings. The van der Waals surface area contributed by atoms with Crippen molar-refractivity contribution in [1.29, 1.82) is 5.26 Å². The number of rotatable bonds is 8.